The molecule has 1 N–H and O–H groups in total. The Morgan fingerprint density at radius 1 is 1.26 bits per heavy atom. The monoisotopic (exact) mass is 321 g/mol. The van der Waals surface area contributed by atoms with Crippen LogP contribution in [0.4, 0.5) is 0 Å². The maximum absolute atomic E-state index is 11.7. The van der Waals surface area contributed by atoms with Gasteiger partial charge in [0.15, 0.2) is 12.7 Å². The van der Waals surface area contributed by atoms with Crippen LogP contribution < -0.4 is 5.32 Å². The van der Waals surface area contributed by atoms with E-state index < -0.39 is 23.9 Å². The maximum Gasteiger partial charge on any atom is 0.337 e. The number of carbonyl (C=O) groups is 3. The minimum atomic E-state index is -0.548. The Bertz CT molecular complexity index is 562. The molecule has 0 aliphatic carbocycles. The van der Waals surface area contributed by atoms with Crippen molar-refractivity contribution >= 4 is 17.8 Å². The fraction of sp³-hybridized carbons (Fsp3) is 0.438. The van der Waals surface area contributed by atoms with Gasteiger partial charge in [0.1, 0.15) is 0 Å². The number of ether oxygens (including phenoxy) is 3. The van der Waals surface area contributed by atoms with Gasteiger partial charge < -0.3 is 19.5 Å². The highest BCUT2D eigenvalue weighted by Gasteiger charge is 2.25. The summed E-state index contributed by atoms with van der Waals surface area (Å²) < 4.78 is 14.7. The van der Waals surface area contributed by atoms with Crippen LogP contribution in [0, 0.1) is 0 Å². The number of nitrogens with one attached hydrogen (secondary N) is 1. The summed E-state index contributed by atoms with van der Waals surface area (Å²) in [7, 11) is 1.31. The van der Waals surface area contributed by atoms with Gasteiger partial charge >= 0.3 is 11.9 Å². The molecule has 1 fully saturated rings. The number of esters is 2. The lowest BCUT2D eigenvalue weighted by molar-refractivity contribution is -0.157. The topological polar surface area (TPSA) is 90.9 Å². The molecule has 0 bridgehead atoms. The van der Waals surface area contributed by atoms with Crippen molar-refractivity contribution in [1.29, 1.82) is 0 Å². The highest BCUT2D eigenvalue weighted by molar-refractivity contribution is 5.89. The standard InChI is InChI=1S/C16H19NO6/c1-21-15(19)12-6-4-11(5-7-12)9-17-14(18)10-23-16(20)13-3-2-8-22-13/h4-7,13H,2-3,8-10H2,1H3,(H,17,18)/t13-/m0/s1. The van der Waals surface area contributed by atoms with Crippen LogP contribution in [-0.4, -0.2) is 44.3 Å². The van der Waals surface area contributed by atoms with Crippen LogP contribution in [-0.2, 0) is 30.3 Å². The van der Waals surface area contributed by atoms with Crippen molar-refractivity contribution in [3.63, 3.8) is 0 Å². The zero-order valence-electron chi connectivity index (χ0n) is 12.9. The molecule has 1 aliphatic rings. The zero-order chi connectivity index (χ0) is 16.7. The molecular weight excluding hydrogens is 302 g/mol. The Balaban J connectivity index is 1.71. The molecule has 0 radical (unpaired) electrons. The Kier molecular flexibility index (Phi) is 6.10. The molecule has 124 valence electrons. The smallest absolute Gasteiger partial charge is 0.337 e. The van der Waals surface area contributed by atoms with Crippen molar-refractivity contribution in [2.75, 3.05) is 20.3 Å². The quantitative estimate of drug-likeness (QED) is 0.780. The average Bonchev–Trinajstić information content (AvgIpc) is 3.12. The lowest BCUT2D eigenvalue weighted by Gasteiger charge is -2.10. The van der Waals surface area contributed by atoms with Crippen molar-refractivity contribution in [3.05, 3.63) is 35.4 Å². The van der Waals surface area contributed by atoms with E-state index in [1.165, 1.54) is 7.11 Å². The first-order valence-electron chi connectivity index (χ1n) is 7.32. The molecule has 7 heteroatoms. The molecule has 0 aromatic heterocycles. The van der Waals surface area contributed by atoms with Gasteiger partial charge in [-0.1, -0.05) is 12.1 Å². The van der Waals surface area contributed by atoms with Gasteiger partial charge in [0.05, 0.1) is 12.7 Å². The third-order valence-corrected chi connectivity index (χ3v) is 3.40. The second-order valence-corrected chi connectivity index (χ2v) is 5.07. The molecule has 1 amide bonds. The Morgan fingerprint density at radius 2 is 2.00 bits per heavy atom. The summed E-state index contributed by atoms with van der Waals surface area (Å²) in [5.41, 5.74) is 1.25. The predicted octanol–water partition coefficient (Wildman–Crippen LogP) is 0.812. The largest absolute Gasteiger partial charge is 0.465 e. The predicted molar refractivity (Wildman–Crippen MR) is 79.6 cm³/mol. The number of rotatable bonds is 6. The molecule has 0 unspecified atom stereocenters. The Morgan fingerprint density at radius 3 is 2.61 bits per heavy atom. The summed E-state index contributed by atoms with van der Waals surface area (Å²) >= 11 is 0. The fourth-order valence-electron chi connectivity index (χ4n) is 2.12. The number of carbonyl (C=O) groups excluding carboxylic acids is 3. The second-order valence-electron chi connectivity index (χ2n) is 5.07. The number of methoxy groups -OCH3 is 1. The number of hydrogen-bond acceptors (Lipinski definition) is 6. The molecule has 1 heterocycles. The zero-order valence-corrected chi connectivity index (χ0v) is 12.9. The van der Waals surface area contributed by atoms with E-state index in [9.17, 15) is 14.4 Å². The maximum atomic E-state index is 11.7. The summed E-state index contributed by atoms with van der Waals surface area (Å²) in [6.07, 6.45) is 0.911. The van der Waals surface area contributed by atoms with Gasteiger partial charge in [-0.05, 0) is 30.5 Å². The normalized spacial score (nSPS) is 16.7. The molecular formula is C16H19NO6. The molecule has 0 spiro atoms. The third-order valence-electron chi connectivity index (χ3n) is 3.40. The second kappa shape index (κ2) is 8.28. The number of amides is 1. The van der Waals surface area contributed by atoms with E-state index in [4.69, 9.17) is 9.47 Å². The van der Waals surface area contributed by atoms with Crippen molar-refractivity contribution < 1.29 is 28.6 Å². The number of benzene rings is 1. The minimum absolute atomic E-state index is 0.276. The first-order chi connectivity index (χ1) is 11.1. The molecule has 1 aliphatic heterocycles. The summed E-state index contributed by atoms with van der Waals surface area (Å²) in [6.45, 7) is 0.490. The summed E-state index contributed by atoms with van der Waals surface area (Å²) in [6, 6.07) is 6.66. The Hall–Kier alpha value is -2.41. The average molecular weight is 321 g/mol. The van der Waals surface area contributed by atoms with Gasteiger partial charge in [0.25, 0.3) is 5.91 Å². The summed E-state index contributed by atoms with van der Waals surface area (Å²) in [4.78, 5) is 34.5. The van der Waals surface area contributed by atoms with Crippen LogP contribution in [0.3, 0.4) is 0 Å². The van der Waals surface area contributed by atoms with Crippen molar-refractivity contribution in [2.24, 2.45) is 0 Å². The molecule has 1 aromatic rings. The molecule has 0 saturated carbocycles. The highest BCUT2D eigenvalue weighted by Crippen LogP contribution is 2.13. The Labute approximate surface area is 133 Å². The van der Waals surface area contributed by atoms with E-state index >= 15 is 0 Å². The lowest BCUT2D eigenvalue weighted by atomic mass is 10.1. The SMILES string of the molecule is COC(=O)c1ccc(CNC(=O)COC(=O)[C@@H]2CCCO2)cc1. The molecule has 2 rings (SSSR count). The van der Waals surface area contributed by atoms with E-state index in [1.807, 2.05) is 0 Å². The van der Waals surface area contributed by atoms with Crippen LogP contribution in [0.2, 0.25) is 0 Å². The molecule has 1 saturated heterocycles. The van der Waals surface area contributed by atoms with Crippen molar-refractivity contribution in [3.8, 4) is 0 Å². The van der Waals surface area contributed by atoms with Crippen LogP contribution >= 0.6 is 0 Å². The van der Waals surface area contributed by atoms with E-state index in [1.54, 1.807) is 24.3 Å². The fourth-order valence-corrected chi connectivity index (χ4v) is 2.12. The van der Waals surface area contributed by atoms with Gasteiger partial charge in [-0.15, -0.1) is 0 Å². The highest BCUT2D eigenvalue weighted by atomic mass is 16.6. The molecule has 1 atom stereocenters. The molecule has 1 aromatic carbocycles. The van der Waals surface area contributed by atoms with Gasteiger partial charge in [0, 0.05) is 13.2 Å². The van der Waals surface area contributed by atoms with Crippen LogP contribution in [0.1, 0.15) is 28.8 Å². The molecule has 7 nitrogen and oxygen atoms in total. The molecule has 23 heavy (non-hydrogen) atoms. The van der Waals surface area contributed by atoms with Crippen LogP contribution in [0.25, 0.3) is 0 Å². The van der Waals surface area contributed by atoms with Gasteiger partial charge in [-0.25, -0.2) is 9.59 Å². The lowest BCUT2D eigenvalue weighted by Crippen LogP contribution is -2.31. The van der Waals surface area contributed by atoms with Gasteiger partial charge in [-0.3, -0.25) is 4.79 Å². The van der Waals surface area contributed by atoms with E-state index in [-0.39, 0.29) is 13.2 Å². The summed E-state index contributed by atoms with van der Waals surface area (Å²) in [5, 5.41) is 2.63. The van der Waals surface area contributed by atoms with E-state index in [0.29, 0.717) is 18.6 Å². The summed E-state index contributed by atoms with van der Waals surface area (Å²) in [5.74, 6) is -1.31. The van der Waals surface area contributed by atoms with Gasteiger partial charge in [-0.2, -0.15) is 0 Å². The van der Waals surface area contributed by atoms with E-state index in [0.717, 1.165) is 12.0 Å². The number of hydrogen-bond donors (Lipinski definition) is 1. The van der Waals surface area contributed by atoms with E-state index in [2.05, 4.69) is 10.1 Å². The third kappa shape index (κ3) is 5.07. The van der Waals surface area contributed by atoms with Crippen LogP contribution in [0.5, 0.6) is 0 Å². The minimum Gasteiger partial charge on any atom is -0.465 e. The first-order valence-corrected chi connectivity index (χ1v) is 7.32. The van der Waals surface area contributed by atoms with Gasteiger partial charge in [0.2, 0.25) is 0 Å². The van der Waals surface area contributed by atoms with Crippen LogP contribution in [0.15, 0.2) is 24.3 Å². The van der Waals surface area contributed by atoms with Crippen molar-refractivity contribution in [1.82, 2.24) is 5.32 Å². The first kappa shape index (κ1) is 17.0. The van der Waals surface area contributed by atoms with Crippen molar-refractivity contribution in [2.45, 2.75) is 25.5 Å².